The van der Waals surface area contributed by atoms with Crippen LogP contribution in [0.3, 0.4) is 0 Å². The lowest BCUT2D eigenvalue weighted by atomic mass is 9.83. The average Bonchev–Trinajstić information content (AvgIpc) is 2.49. The largest absolute Gasteiger partial charge is 0.465 e. The Kier molecular flexibility index (Phi) is 6.46. The first-order chi connectivity index (χ1) is 9.31. The van der Waals surface area contributed by atoms with E-state index in [1.807, 2.05) is 6.92 Å². The fraction of sp³-hybridized carbons (Fsp3) is 0.938. The summed E-state index contributed by atoms with van der Waals surface area (Å²) in [6.45, 7) is 8.70. The minimum atomic E-state index is -0.472. The Hall–Kier alpha value is -0.610. The highest BCUT2D eigenvalue weighted by Gasteiger charge is 2.42. The zero-order valence-corrected chi connectivity index (χ0v) is 13.9. The summed E-state index contributed by atoms with van der Waals surface area (Å²) in [5, 5.41) is 3.51. The molecule has 1 fully saturated rings. The topological polar surface area (TPSA) is 41.6 Å². The minimum Gasteiger partial charge on any atom is -0.465 e. The number of ether oxygens (including phenoxy) is 1. The van der Waals surface area contributed by atoms with Crippen molar-refractivity contribution in [2.24, 2.45) is 5.41 Å². The Morgan fingerprint density at radius 3 is 2.50 bits per heavy atom. The van der Waals surface area contributed by atoms with Crippen molar-refractivity contribution >= 4 is 5.97 Å². The van der Waals surface area contributed by atoms with Gasteiger partial charge in [0.25, 0.3) is 0 Å². The molecule has 0 radical (unpaired) electrons. The van der Waals surface area contributed by atoms with Gasteiger partial charge in [-0.15, -0.1) is 0 Å². The van der Waals surface area contributed by atoms with Crippen LogP contribution < -0.4 is 5.32 Å². The number of hydrogen-bond donors (Lipinski definition) is 1. The molecule has 20 heavy (non-hydrogen) atoms. The molecule has 4 nitrogen and oxygen atoms in total. The van der Waals surface area contributed by atoms with Gasteiger partial charge < -0.3 is 15.0 Å². The second-order valence-corrected chi connectivity index (χ2v) is 7.05. The van der Waals surface area contributed by atoms with Gasteiger partial charge in [0.05, 0.1) is 6.61 Å². The van der Waals surface area contributed by atoms with Crippen molar-refractivity contribution in [2.75, 3.05) is 33.8 Å². The number of esters is 1. The summed E-state index contributed by atoms with van der Waals surface area (Å²) in [5.74, 6) is -0.0588. The number of nitrogens with zero attached hydrogens (tertiary/aromatic N) is 1. The average molecular weight is 284 g/mol. The molecule has 118 valence electrons. The first kappa shape index (κ1) is 17.4. The van der Waals surface area contributed by atoms with Gasteiger partial charge in [-0.1, -0.05) is 20.3 Å². The third-order valence-corrected chi connectivity index (χ3v) is 4.37. The van der Waals surface area contributed by atoms with E-state index in [0.29, 0.717) is 12.0 Å². The molecule has 0 saturated heterocycles. The highest BCUT2D eigenvalue weighted by Crippen LogP contribution is 2.38. The molecule has 0 heterocycles. The minimum absolute atomic E-state index is 0.0588. The molecule has 1 unspecified atom stereocenters. The van der Waals surface area contributed by atoms with Gasteiger partial charge in [0.15, 0.2) is 0 Å². The summed E-state index contributed by atoms with van der Waals surface area (Å²) < 4.78 is 5.35. The van der Waals surface area contributed by atoms with Crippen LogP contribution in [0.4, 0.5) is 0 Å². The monoisotopic (exact) mass is 284 g/mol. The fourth-order valence-electron chi connectivity index (χ4n) is 2.91. The van der Waals surface area contributed by atoms with Crippen molar-refractivity contribution in [3.05, 3.63) is 0 Å². The van der Waals surface area contributed by atoms with Gasteiger partial charge in [-0.3, -0.25) is 4.79 Å². The lowest BCUT2D eigenvalue weighted by molar-refractivity contribution is -0.152. The van der Waals surface area contributed by atoms with Crippen molar-refractivity contribution < 1.29 is 9.53 Å². The Bertz CT molecular complexity index is 316. The molecule has 0 aliphatic heterocycles. The number of hydrogen-bond acceptors (Lipinski definition) is 4. The molecule has 1 N–H and O–H groups in total. The van der Waals surface area contributed by atoms with E-state index < -0.39 is 5.54 Å². The Morgan fingerprint density at radius 2 is 1.90 bits per heavy atom. The highest BCUT2D eigenvalue weighted by atomic mass is 16.5. The van der Waals surface area contributed by atoms with Gasteiger partial charge in [0.1, 0.15) is 5.54 Å². The molecule has 0 aromatic rings. The van der Waals surface area contributed by atoms with Gasteiger partial charge in [0.2, 0.25) is 0 Å². The van der Waals surface area contributed by atoms with Gasteiger partial charge in [-0.05, 0) is 52.1 Å². The number of carbonyl (C=O) groups is 1. The summed E-state index contributed by atoms with van der Waals surface area (Å²) >= 11 is 0. The highest BCUT2D eigenvalue weighted by molar-refractivity contribution is 5.81. The molecular formula is C16H32N2O2. The second kappa shape index (κ2) is 7.41. The van der Waals surface area contributed by atoms with E-state index in [1.165, 1.54) is 6.42 Å². The lowest BCUT2D eigenvalue weighted by Crippen LogP contribution is -2.54. The van der Waals surface area contributed by atoms with Crippen molar-refractivity contribution in [3.8, 4) is 0 Å². The molecular weight excluding hydrogens is 252 g/mol. The van der Waals surface area contributed by atoms with Gasteiger partial charge in [0, 0.05) is 13.1 Å². The van der Waals surface area contributed by atoms with E-state index in [1.54, 1.807) is 0 Å². The van der Waals surface area contributed by atoms with E-state index in [-0.39, 0.29) is 5.97 Å². The summed E-state index contributed by atoms with van der Waals surface area (Å²) in [6.07, 6.45) is 5.11. The van der Waals surface area contributed by atoms with Crippen LogP contribution in [-0.2, 0) is 9.53 Å². The number of rotatable bonds is 6. The van der Waals surface area contributed by atoms with E-state index in [2.05, 4.69) is 38.2 Å². The SMILES string of the molecule is CCOC(=O)C1(NCCN(C)C)CCCC(C)(C)CC1. The number of likely N-dealkylation sites (N-methyl/N-ethyl adjacent to an activating group) is 1. The van der Waals surface area contributed by atoms with Crippen molar-refractivity contribution in [3.63, 3.8) is 0 Å². The zero-order chi connectivity index (χ0) is 15.2. The van der Waals surface area contributed by atoms with Gasteiger partial charge >= 0.3 is 5.97 Å². The van der Waals surface area contributed by atoms with Gasteiger partial charge in [-0.25, -0.2) is 0 Å². The van der Waals surface area contributed by atoms with Crippen LogP contribution in [0.1, 0.15) is 52.9 Å². The Morgan fingerprint density at radius 1 is 1.20 bits per heavy atom. The second-order valence-electron chi connectivity index (χ2n) is 7.05. The van der Waals surface area contributed by atoms with Crippen molar-refractivity contribution in [1.29, 1.82) is 0 Å². The third kappa shape index (κ3) is 5.06. The molecule has 0 spiro atoms. The van der Waals surface area contributed by atoms with Crippen LogP contribution in [0.5, 0.6) is 0 Å². The smallest absolute Gasteiger partial charge is 0.326 e. The van der Waals surface area contributed by atoms with Crippen LogP contribution in [0.25, 0.3) is 0 Å². The van der Waals surface area contributed by atoms with E-state index in [9.17, 15) is 4.79 Å². The fourth-order valence-corrected chi connectivity index (χ4v) is 2.91. The third-order valence-electron chi connectivity index (χ3n) is 4.37. The first-order valence-corrected chi connectivity index (χ1v) is 7.88. The molecule has 1 rings (SSSR count). The molecule has 1 aliphatic carbocycles. The standard InChI is InChI=1S/C16H32N2O2/c1-6-20-14(19)16(17-12-13-18(4)5)9-7-8-15(2,3)10-11-16/h17H,6-13H2,1-5H3. The molecule has 1 saturated carbocycles. The van der Waals surface area contributed by atoms with E-state index >= 15 is 0 Å². The predicted molar refractivity (Wildman–Crippen MR) is 82.8 cm³/mol. The van der Waals surface area contributed by atoms with Crippen LogP contribution in [0.2, 0.25) is 0 Å². The summed E-state index contributed by atoms with van der Waals surface area (Å²) in [5.41, 5.74) is -0.142. The molecule has 1 atom stereocenters. The number of carbonyl (C=O) groups excluding carboxylic acids is 1. The van der Waals surface area contributed by atoms with E-state index in [4.69, 9.17) is 4.74 Å². The molecule has 4 heteroatoms. The molecule has 1 aliphatic rings. The normalized spacial score (nSPS) is 26.3. The Labute approximate surface area is 124 Å². The summed E-state index contributed by atoms with van der Waals surface area (Å²) in [4.78, 5) is 14.6. The van der Waals surface area contributed by atoms with Crippen LogP contribution >= 0.6 is 0 Å². The zero-order valence-electron chi connectivity index (χ0n) is 13.9. The maximum Gasteiger partial charge on any atom is 0.326 e. The molecule has 0 amide bonds. The summed E-state index contributed by atoms with van der Waals surface area (Å²) in [6, 6.07) is 0. The van der Waals surface area contributed by atoms with Crippen molar-refractivity contribution in [2.45, 2.75) is 58.4 Å². The van der Waals surface area contributed by atoms with Crippen LogP contribution in [-0.4, -0.2) is 50.2 Å². The summed E-state index contributed by atoms with van der Waals surface area (Å²) in [7, 11) is 4.10. The molecule has 0 aromatic carbocycles. The predicted octanol–water partition coefficient (Wildman–Crippen LogP) is 2.43. The Balaban J connectivity index is 2.75. The van der Waals surface area contributed by atoms with Gasteiger partial charge in [-0.2, -0.15) is 0 Å². The maximum atomic E-state index is 12.5. The first-order valence-electron chi connectivity index (χ1n) is 7.88. The molecule has 0 bridgehead atoms. The van der Waals surface area contributed by atoms with Crippen LogP contribution in [0, 0.1) is 5.41 Å². The van der Waals surface area contributed by atoms with Crippen molar-refractivity contribution in [1.82, 2.24) is 10.2 Å². The van der Waals surface area contributed by atoms with E-state index in [0.717, 1.165) is 38.8 Å². The van der Waals surface area contributed by atoms with Crippen LogP contribution in [0.15, 0.2) is 0 Å². The number of nitrogens with one attached hydrogen (secondary N) is 1. The quantitative estimate of drug-likeness (QED) is 0.601. The lowest BCUT2D eigenvalue weighted by Gasteiger charge is -2.32. The molecule has 0 aromatic heterocycles. The maximum absolute atomic E-state index is 12.5.